The van der Waals surface area contributed by atoms with Gasteiger partial charge < -0.3 is 15.5 Å². The Morgan fingerprint density at radius 2 is 2.29 bits per heavy atom. The molecule has 0 fully saturated rings. The predicted octanol–water partition coefficient (Wildman–Crippen LogP) is -0.992. The van der Waals surface area contributed by atoms with Crippen LogP contribution in [0.15, 0.2) is 6.20 Å². The van der Waals surface area contributed by atoms with Crippen molar-refractivity contribution in [2.75, 3.05) is 13.2 Å². The quantitative estimate of drug-likeness (QED) is 0.507. The van der Waals surface area contributed by atoms with Crippen LogP contribution in [0, 0.1) is 5.41 Å². The lowest BCUT2D eigenvalue weighted by Crippen LogP contribution is -2.36. The Morgan fingerprint density at radius 3 is 2.76 bits per heavy atom. The first-order valence-electron chi connectivity index (χ1n) is 4.98. The second-order valence-electron chi connectivity index (χ2n) is 3.90. The van der Waals surface area contributed by atoms with Crippen LogP contribution in [0.5, 0.6) is 0 Å². The van der Waals surface area contributed by atoms with E-state index in [1.54, 1.807) is 0 Å². The minimum absolute atomic E-state index is 0.131. The van der Waals surface area contributed by atoms with Gasteiger partial charge in [-0.05, 0) is 13.3 Å². The monoisotopic (exact) mass is 242 g/mol. The third kappa shape index (κ3) is 3.25. The number of aliphatic hydroxyl groups is 1. The minimum Gasteiger partial charge on any atom is -0.481 e. The van der Waals surface area contributed by atoms with E-state index in [-0.39, 0.29) is 18.7 Å². The van der Waals surface area contributed by atoms with Crippen molar-refractivity contribution in [3.8, 4) is 0 Å². The molecule has 0 aliphatic carbocycles. The number of amides is 1. The maximum atomic E-state index is 11.4. The topological polar surface area (TPSA) is 128 Å². The number of carbonyl (C=O) groups is 2. The zero-order valence-electron chi connectivity index (χ0n) is 9.30. The van der Waals surface area contributed by atoms with Gasteiger partial charge in [-0.2, -0.15) is 0 Å². The largest absolute Gasteiger partial charge is 0.481 e. The van der Waals surface area contributed by atoms with Gasteiger partial charge >= 0.3 is 5.97 Å². The number of carboxylic acid groups (broad SMARTS) is 1. The van der Waals surface area contributed by atoms with Crippen molar-refractivity contribution >= 4 is 11.9 Å². The predicted molar refractivity (Wildman–Crippen MR) is 56.2 cm³/mol. The standard InChI is InChI=1S/C9H14N4O4/c1-9(5-14,8(16)17)2-3-10-7(15)6-4-11-13-12-6/h4,14H,2-3,5H2,1H3,(H,10,15)(H,16,17)(H,11,12,13)/t9-/m0/s1. The van der Waals surface area contributed by atoms with E-state index in [1.165, 1.54) is 13.1 Å². The van der Waals surface area contributed by atoms with Gasteiger partial charge in [0.05, 0.1) is 18.2 Å². The summed E-state index contributed by atoms with van der Waals surface area (Å²) in [6.07, 6.45) is 1.39. The highest BCUT2D eigenvalue weighted by Gasteiger charge is 2.32. The van der Waals surface area contributed by atoms with E-state index in [9.17, 15) is 9.59 Å². The summed E-state index contributed by atoms with van der Waals surface area (Å²) in [6, 6.07) is 0. The lowest BCUT2D eigenvalue weighted by molar-refractivity contribution is -0.150. The zero-order valence-corrected chi connectivity index (χ0v) is 9.30. The van der Waals surface area contributed by atoms with Crippen molar-refractivity contribution in [3.05, 3.63) is 11.9 Å². The Hall–Kier alpha value is -1.96. The molecule has 1 atom stereocenters. The fourth-order valence-electron chi connectivity index (χ4n) is 1.11. The highest BCUT2D eigenvalue weighted by Crippen LogP contribution is 2.19. The van der Waals surface area contributed by atoms with Crippen molar-refractivity contribution in [2.45, 2.75) is 13.3 Å². The molecule has 1 aromatic heterocycles. The molecular formula is C9H14N4O4. The van der Waals surface area contributed by atoms with E-state index in [2.05, 4.69) is 20.7 Å². The Morgan fingerprint density at radius 1 is 1.59 bits per heavy atom. The Labute approximate surface area is 97.0 Å². The van der Waals surface area contributed by atoms with Crippen LogP contribution in [0.4, 0.5) is 0 Å². The summed E-state index contributed by atoms with van der Waals surface area (Å²) >= 11 is 0. The molecule has 0 saturated carbocycles. The number of carbonyl (C=O) groups excluding carboxylic acids is 1. The molecule has 1 rings (SSSR count). The number of H-pyrrole nitrogens is 1. The van der Waals surface area contributed by atoms with Gasteiger partial charge in [0.2, 0.25) is 0 Å². The van der Waals surface area contributed by atoms with E-state index in [0.717, 1.165) is 0 Å². The molecule has 94 valence electrons. The summed E-state index contributed by atoms with van der Waals surface area (Å²) in [4.78, 5) is 22.3. The van der Waals surface area contributed by atoms with Gasteiger partial charge in [-0.3, -0.25) is 14.7 Å². The molecule has 8 nitrogen and oxygen atoms in total. The molecule has 4 N–H and O–H groups in total. The van der Waals surface area contributed by atoms with Gasteiger partial charge in [0.15, 0.2) is 0 Å². The minimum atomic E-state index is -1.25. The summed E-state index contributed by atoms with van der Waals surface area (Å²) in [5, 5.41) is 29.6. The first-order valence-corrected chi connectivity index (χ1v) is 4.98. The number of aromatic nitrogens is 3. The normalized spacial score (nSPS) is 14.0. The Balaban J connectivity index is 2.42. The van der Waals surface area contributed by atoms with Crippen LogP contribution in [-0.4, -0.2) is 50.7 Å². The molecule has 1 heterocycles. The lowest BCUT2D eigenvalue weighted by atomic mass is 9.88. The van der Waals surface area contributed by atoms with Gasteiger partial charge in [0, 0.05) is 6.54 Å². The number of nitrogens with zero attached hydrogens (tertiary/aromatic N) is 2. The van der Waals surface area contributed by atoms with Crippen LogP contribution in [-0.2, 0) is 4.79 Å². The Bertz CT molecular complexity index is 392. The first kappa shape index (κ1) is 13.1. The molecule has 1 amide bonds. The van der Waals surface area contributed by atoms with E-state index in [0.29, 0.717) is 0 Å². The number of carboxylic acids is 1. The molecular weight excluding hydrogens is 228 g/mol. The fourth-order valence-corrected chi connectivity index (χ4v) is 1.11. The number of aromatic amines is 1. The van der Waals surface area contributed by atoms with Gasteiger partial charge in [-0.1, -0.05) is 5.21 Å². The molecule has 0 spiro atoms. The number of aliphatic hydroxyl groups excluding tert-OH is 1. The van der Waals surface area contributed by atoms with Gasteiger partial charge in [-0.15, -0.1) is 5.10 Å². The summed E-state index contributed by atoms with van der Waals surface area (Å²) < 4.78 is 0. The molecule has 0 bridgehead atoms. The molecule has 0 aromatic carbocycles. The second kappa shape index (κ2) is 5.39. The fraction of sp³-hybridized carbons (Fsp3) is 0.556. The van der Waals surface area contributed by atoms with Gasteiger partial charge in [0.1, 0.15) is 5.69 Å². The van der Waals surface area contributed by atoms with Crippen molar-refractivity contribution in [1.82, 2.24) is 20.7 Å². The van der Waals surface area contributed by atoms with Crippen molar-refractivity contribution in [1.29, 1.82) is 0 Å². The average molecular weight is 242 g/mol. The molecule has 17 heavy (non-hydrogen) atoms. The molecule has 8 heteroatoms. The van der Waals surface area contributed by atoms with E-state index in [4.69, 9.17) is 10.2 Å². The molecule has 0 radical (unpaired) electrons. The van der Waals surface area contributed by atoms with Gasteiger partial charge in [-0.25, -0.2) is 0 Å². The van der Waals surface area contributed by atoms with Crippen LogP contribution in [0.2, 0.25) is 0 Å². The molecule has 1 aromatic rings. The van der Waals surface area contributed by atoms with E-state index in [1.807, 2.05) is 0 Å². The summed E-state index contributed by atoms with van der Waals surface area (Å²) in [7, 11) is 0. The number of rotatable bonds is 6. The van der Waals surface area contributed by atoms with Crippen molar-refractivity contribution in [2.24, 2.45) is 5.41 Å². The van der Waals surface area contributed by atoms with Crippen LogP contribution in [0.1, 0.15) is 23.8 Å². The maximum Gasteiger partial charge on any atom is 0.311 e. The lowest BCUT2D eigenvalue weighted by Gasteiger charge is -2.21. The number of aliphatic carboxylic acids is 1. The summed E-state index contributed by atoms with van der Waals surface area (Å²) in [5.74, 6) is -1.52. The maximum absolute atomic E-state index is 11.4. The third-order valence-electron chi connectivity index (χ3n) is 2.49. The van der Waals surface area contributed by atoms with Crippen molar-refractivity contribution < 1.29 is 19.8 Å². The summed E-state index contributed by atoms with van der Waals surface area (Å²) in [5.41, 5.74) is -1.05. The molecule has 0 unspecified atom stereocenters. The van der Waals surface area contributed by atoms with Gasteiger partial charge in [0.25, 0.3) is 5.91 Å². The smallest absolute Gasteiger partial charge is 0.311 e. The van der Waals surface area contributed by atoms with Crippen LogP contribution < -0.4 is 5.32 Å². The van der Waals surface area contributed by atoms with Crippen LogP contribution in [0.25, 0.3) is 0 Å². The highest BCUT2D eigenvalue weighted by molar-refractivity contribution is 5.91. The summed E-state index contributed by atoms with van der Waals surface area (Å²) in [6.45, 7) is 1.07. The zero-order chi connectivity index (χ0) is 12.9. The molecule has 0 aliphatic rings. The number of hydrogen-bond donors (Lipinski definition) is 4. The molecule has 0 saturated heterocycles. The number of hydrogen-bond acceptors (Lipinski definition) is 5. The highest BCUT2D eigenvalue weighted by atomic mass is 16.4. The SMILES string of the molecule is C[C@@](CO)(CCNC(=O)c1cnn[nH]1)C(=O)O. The first-order chi connectivity index (χ1) is 7.99. The number of nitrogens with one attached hydrogen (secondary N) is 2. The van der Waals surface area contributed by atoms with E-state index < -0.39 is 23.9 Å². The Kier molecular flexibility index (Phi) is 4.16. The van der Waals surface area contributed by atoms with Crippen LogP contribution >= 0.6 is 0 Å². The van der Waals surface area contributed by atoms with E-state index >= 15 is 0 Å². The van der Waals surface area contributed by atoms with Crippen LogP contribution in [0.3, 0.4) is 0 Å². The molecule has 0 aliphatic heterocycles. The average Bonchev–Trinajstić information content (AvgIpc) is 2.81. The third-order valence-corrected chi connectivity index (χ3v) is 2.49. The van der Waals surface area contributed by atoms with Crippen molar-refractivity contribution in [3.63, 3.8) is 0 Å². The second-order valence-corrected chi connectivity index (χ2v) is 3.90.